The van der Waals surface area contributed by atoms with Crippen molar-refractivity contribution in [2.24, 2.45) is 0 Å². The topological polar surface area (TPSA) is 60.9 Å². The van der Waals surface area contributed by atoms with E-state index in [1.165, 1.54) is 4.90 Å². The smallest absolute Gasteiger partial charge is 0.323 e. The minimum absolute atomic E-state index is 0.0949. The first-order chi connectivity index (χ1) is 8.93. The Balaban J connectivity index is 4.66. The normalized spacial score (nSPS) is 10.6. The summed E-state index contributed by atoms with van der Waals surface area (Å²) < 4.78 is 0. The second-order valence-electron chi connectivity index (χ2n) is 5.09. The van der Waals surface area contributed by atoms with Gasteiger partial charge in [0, 0.05) is 19.1 Å². The molecule has 1 N–H and O–H groups in total. The fraction of sp³-hybridized carbons (Fsp3) is 0.857. The SMILES string of the molecule is CCCCCN(C(=O)N(CCC)CC(=O)O)C(C)C. The molecular weight excluding hydrogens is 244 g/mol. The number of nitrogens with zero attached hydrogens (tertiary/aromatic N) is 2. The first kappa shape index (κ1) is 17.7. The van der Waals surface area contributed by atoms with Gasteiger partial charge in [-0.05, 0) is 26.7 Å². The van der Waals surface area contributed by atoms with Gasteiger partial charge < -0.3 is 14.9 Å². The first-order valence-electron chi connectivity index (χ1n) is 7.21. The van der Waals surface area contributed by atoms with Gasteiger partial charge in [-0.1, -0.05) is 26.7 Å². The maximum atomic E-state index is 12.4. The molecule has 0 aromatic heterocycles. The number of urea groups is 1. The molecule has 0 aromatic carbocycles. The zero-order valence-electron chi connectivity index (χ0n) is 12.7. The highest BCUT2D eigenvalue weighted by Crippen LogP contribution is 2.08. The molecule has 0 bridgehead atoms. The van der Waals surface area contributed by atoms with E-state index in [0.717, 1.165) is 25.7 Å². The van der Waals surface area contributed by atoms with E-state index in [1.54, 1.807) is 4.90 Å². The summed E-state index contributed by atoms with van der Waals surface area (Å²) in [6, 6.07) is -0.0622. The van der Waals surface area contributed by atoms with Crippen LogP contribution in [0.5, 0.6) is 0 Å². The summed E-state index contributed by atoms with van der Waals surface area (Å²) in [5.74, 6) is -0.959. The summed E-state index contributed by atoms with van der Waals surface area (Å²) in [7, 11) is 0. The Hall–Kier alpha value is -1.26. The quantitative estimate of drug-likeness (QED) is 0.656. The van der Waals surface area contributed by atoms with E-state index in [9.17, 15) is 9.59 Å². The van der Waals surface area contributed by atoms with E-state index < -0.39 is 5.97 Å². The van der Waals surface area contributed by atoms with Crippen LogP contribution in [-0.4, -0.2) is 52.6 Å². The maximum Gasteiger partial charge on any atom is 0.323 e. The summed E-state index contributed by atoms with van der Waals surface area (Å²) in [5, 5.41) is 8.88. The van der Waals surface area contributed by atoms with Gasteiger partial charge in [0.25, 0.3) is 0 Å². The van der Waals surface area contributed by atoms with Gasteiger partial charge in [-0.25, -0.2) is 4.79 Å². The molecule has 112 valence electrons. The number of carbonyl (C=O) groups excluding carboxylic acids is 1. The first-order valence-corrected chi connectivity index (χ1v) is 7.21. The molecule has 0 aliphatic rings. The molecule has 0 fully saturated rings. The molecule has 0 rings (SSSR count). The molecule has 0 heterocycles. The average Bonchev–Trinajstić information content (AvgIpc) is 2.32. The summed E-state index contributed by atoms with van der Waals surface area (Å²) in [5.41, 5.74) is 0. The number of amides is 2. The Morgan fingerprint density at radius 2 is 1.68 bits per heavy atom. The minimum Gasteiger partial charge on any atom is -0.480 e. The van der Waals surface area contributed by atoms with Crippen LogP contribution in [0.25, 0.3) is 0 Å². The summed E-state index contributed by atoms with van der Waals surface area (Å²) in [6.07, 6.45) is 3.92. The fourth-order valence-electron chi connectivity index (χ4n) is 1.96. The Kier molecular flexibility index (Phi) is 9.00. The van der Waals surface area contributed by atoms with Crippen LogP contribution >= 0.6 is 0 Å². The van der Waals surface area contributed by atoms with E-state index >= 15 is 0 Å². The molecule has 0 spiro atoms. The predicted octanol–water partition coefficient (Wildman–Crippen LogP) is 2.80. The molecule has 5 heteroatoms. The van der Waals surface area contributed by atoms with Gasteiger partial charge in [0.15, 0.2) is 0 Å². The third kappa shape index (κ3) is 7.03. The van der Waals surface area contributed by atoms with Crippen LogP contribution in [0.2, 0.25) is 0 Å². The van der Waals surface area contributed by atoms with Crippen LogP contribution in [0.1, 0.15) is 53.4 Å². The van der Waals surface area contributed by atoms with Crippen LogP contribution in [0.4, 0.5) is 4.79 Å². The van der Waals surface area contributed by atoms with E-state index in [-0.39, 0.29) is 18.6 Å². The Morgan fingerprint density at radius 3 is 2.11 bits per heavy atom. The molecule has 5 nitrogen and oxygen atoms in total. The standard InChI is InChI=1S/C14H28N2O3/c1-5-7-8-10-16(12(3)4)14(19)15(9-6-2)11-13(17)18/h12H,5-11H2,1-4H3,(H,17,18). The molecule has 0 saturated carbocycles. The Labute approximate surface area is 116 Å². The number of rotatable bonds is 9. The molecule has 0 radical (unpaired) electrons. The minimum atomic E-state index is -0.959. The van der Waals surface area contributed by atoms with E-state index in [4.69, 9.17) is 5.11 Å². The molecule has 0 aliphatic carbocycles. The van der Waals surface area contributed by atoms with Gasteiger partial charge in [-0.2, -0.15) is 0 Å². The molecular formula is C14H28N2O3. The van der Waals surface area contributed by atoms with Gasteiger partial charge in [-0.15, -0.1) is 0 Å². The Bertz CT molecular complexity index is 280. The third-order valence-electron chi connectivity index (χ3n) is 2.96. The van der Waals surface area contributed by atoms with Crippen molar-refractivity contribution in [3.05, 3.63) is 0 Å². The number of aliphatic carboxylic acids is 1. The molecule has 2 amide bonds. The highest BCUT2D eigenvalue weighted by Gasteiger charge is 2.23. The Morgan fingerprint density at radius 1 is 1.05 bits per heavy atom. The number of hydrogen-bond acceptors (Lipinski definition) is 2. The number of carboxylic acid groups (broad SMARTS) is 1. The van der Waals surface area contributed by atoms with Crippen LogP contribution in [0, 0.1) is 0 Å². The number of hydrogen-bond donors (Lipinski definition) is 1. The van der Waals surface area contributed by atoms with Crippen LogP contribution < -0.4 is 0 Å². The zero-order chi connectivity index (χ0) is 14.8. The maximum absolute atomic E-state index is 12.4. The average molecular weight is 272 g/mol. The van der Waals surface area contributed by atoms with Crippen molar-refractivity contribution in [3.8, 4) is 0 Å². The number of carboxylic acids is 1. The van der Waals surface area contributed by atoms with Gasteiger partial charge in [0.1, 0.15) is 6.54 Å². The van der Waals surface area contributed by atoms with Gasteiger partial charge in [0.2, 0.25) is 0 Å². The second kappa shape index (κ2) is 9.64. The lowest BCUT2D eigenvalue weighted by Gasteiger charge is -2.32. The lowest BCUT2D eigenvalue weighted by Crippen LogP contribution is -2.48. The van der Waals surface area contributed by atoms with Gasteiger partial charge >= 0.3 is 12.0 Å². The number of unbranched alkanes of at least 4 members (excludes halogenated alkanes) is 2. The van der Waals surface area contributed by atoms with Gasteiger partial charge in [0.05, 0.1) is 0 Å². The monoisotopic (exact) mass is 272 g/mol. The lowest BCUT2D eigenvalue weighted by atomic mass is 10.2. The largest absolute Gasteiger partial charge is 0.480 e. The summed E-state index contributed by atoms with van der Waals surface area (Å²) in [6.45, 7) is 8.97. The van der Waals surface area contributed by atoms with Crippen molar-refractivity contribution in [2.45, 2.75) is 59.4 Å². The fourth-order valence-corrected chi connectivity index (χ4v) is 1.96. The molecule has 0 unspecified atom stereocenters. The van der Waals surface area contributed by atoms with Crippen molar-refractivity contribution >= 4 is 12.0 Å². The molecule has 19 heavy (non-hydrogen) atoms. The molecule has 0 aromatic rings. The zero-order valence-corrected chi connectivity index (χ0v) is 12.7. The lowest BCUT2D eigenvalue weighted by molar-refractivity contribution is -0.137. The summed E-state index contributed by atoms with van der Waals surface area (Å²) >= 11 is 0. The van der Waals surface area contributed by atoms with Crippen LogP contribution in [-0.2, 0) is 4.79 Å². The van der Waals surface area contributed by atoms with Gasteiger partial charge in [-0.3, -0.25) is 4.79 Å². The van der Waals surface area contributed by atoms with E-state index in [2.05, 4.69) is 6.92 Å². The molecule has 0 atom stereocenters. The molecule has 0 aliphatic heterocycles. The van der Waals surface area contributed by atoms with Crippen molar-refractivity contribution in [1.29, 1.82) is 0 Å². The highest BCUT2D eigenvalue weighted by atomic mass is 16.4. The van der Waals surface area contributed by atoms with Crippen molar-refractivity contribution in [2.75, 3.05) is 19.6 Å². The third-order valence-corrected chi connectivity index (χ3v) is 2.96. The van der Waals surface area contributed by atoms with Crippen LogP contribution in [0.15, 0.2) is 0 Å². The molecule has 0 saturated heterocycles. The van der Waals surface area contributed by atoms with Crippen LogP contribution in [0.3, 0.4) is 0 Å². The predicted molar refractivity (Wildman–Crippen MR) is 76.3 cm³/mol. The van der Waals surface area contributed by atoms with Crippen molar-refractivity contribution < 1.29 is 14.7 Å². The summed E-state index contributed by atoms with van der Waals surface area (Å²) in [4.78, 5) is 26.4. The highest BCUT2D eigenvalue weighted by molar-refractivity contribution is 5.80. The number of carbonyl (C=O) groups is 2. The second-order valence-corrected chi connectivity index (χ2v) is 5.09. The van der Waals surface area contributed by atoms with Crippen molar-refractivity contribution in [1.82, 2.24) is 9.80 Å². The van der Waals surface area contributed by atoms with E-state index in [1.807, 2.05) is 20.8 Å². The van der Waals surface area contributed by atoms with Crippen molar-refractivity contribution in [3.63, 3.8) is 0 Å². The van der Waals surface area contributed by atoms with E-state index in [0.29, 0.717) is 13.1 Å².